The first-order valence-corrected chi connectivity index (χ1v) is 11.6. The second kappa shape index (κ2) is 12.0. The summed E-state index contributed by atoms with van der Waals surface area (Å²) in [5.74, 6) is 0.272. The minimum atomic E-state index is 0.0369. The number of hydrogen-bond donors (Lipinski definition) is 0. The van der Waals surface area contributed by atoms with Gasteiger partial charge in [0.15, 0.2) is 0 Å². The number of benzene rings is 1. The van der Waals surface area contributed by atoms with Crippen LogP contribution in [-0.2, 0) is 9.53 Å². The molecule has 0 spiro atoms. The molecule has 1 aromatic carbocycles. The summed E-state index contributed by atoms with van der Waals surface area (Å²) < 4.78 is 5.34. The first-order chi connectivity index (χ1) is 15.7. The third-order valence-corrected chi connectivity index (χ3v) is 6.03. The lowest BCUT2D eigenvalue weighted by Crippen LogP contribution is -2.41. The molecule has 5 nitrogen and oxygen atoms in total. The van der Waals surface area contributed by atoms with Gasteiger partial charge in [0, 0.05) is 24.2 Å². The number of morpholine rings is 1. The fourth-order valence-electron chi connectivity index (χ4n) is 3.36. The number of pyridine rings is 1. The summed E-state index contributed by atoms with van der Waals surface area (Å²) in [6.07, 6.45) is 9.82. The molecule has 1 fully saturated rings. The Hall–Kier alpha value is -3.14. The number of nitriles is 1. The van der Waals surface area contributed by atoms with Crippen LogP contribution in [0.4, 0.5) is 0 Å². The number of rotatable bonds is 7. The van der Waals surface area contributed by atoms with Gasteiger partial charge in [-0.15, -0.1) is 0 Å². The molecule has 3 rings (SSSR count). The smallest absolute Gasteiger partial charge is 0.233 e. The van der Waals surface area contributed by atoms with Crippen molar-refractivity contribution in [1.29, 1.82) is 5.26 Å². The van der Waals surface area contributed by atoms with E-state index in [1.54, 1.807) is 0 Å². The number of amides is 1. The predicted octanol–water partition coefficient (Wildman–Crippen LogP) is 5.11. The molecule has 0 atom stereocenters. The monoisotopic (exact) mass is 445 g/mol. The maximum absolute atomic E-state index is 12.7. The molecular weight excluding hydrogens is 418 g/mol. The Balaban J connectivity index is 2.00. The zero-order valence-electron chi connectivity index (χ0n) is 18.5. The number of thioether (sulfide) groups is 1. The van der Waals surface area contributed by atoms with E-state index < -0.39 is 0 Å². The van der Waals surface area contributed by atoms with E-state index in [1.807, 2.05) is 85.5 Å². The molecule has 1 aliphatic rings. The van der Waals surface area contributed by atoms with E-state index in [4.69, 9.17) is 9.72 Å². The van der Waals surface area contributed by atoms with Crippen molar-refractivity contribution in [2.75, 3.05) is 32.1 Å². The molecule has 0 bridgehead atoms. The number of ether oxygens (including phenoxy) is 1. The Bertz CT molecular complexity index is 1060. The molecule has 0 saturated carbocycles. The van der Waals surface area contributed by atoms with Crippen LogP contribution in [0.1, 0.15) is 25.0 Å². The van der Waals surface area contributed by atoms with Gasteiger partial charge in [-0.2, -0.15) is 5.26 Å². The maximum Gasteiger partial charge on any atom is 0.233 e. The highest BCUT2D eigenvalue weighted by Crippen LogP contribution is 2.32. The van der Waals surface area contributed by atoms with Crippen LogP contribution in [0.2, 0.25) is 0 Å². The molecule has 1 aromatic heterocycles. The van der Waals surface area contributed by atoms with Gasteiger partial charge in [0.05, 0.1) is 30.2 Å². The quantitative estimate of drug-likeness (QED) is 0.438. The van der Waals surface area contributed by atoms with Crippen LogP contribution in [-0.4, -0.2) is 47.8 Å². The summed E-state index contributed by atoms with van der Waals surface area (Å²) in [6, 6.07) is 14.2. The summed E-state index contributed by atoms with van der Waals surface area (Å²) in [6.45, 7) is 6.25. The summed E-state index contributed by atoms with van der Waals surface area (Å²) in [4.78, 5) is 19.3. The van der Waals surface area contributed by atoms with Gasteiger partial charge in [0.1, 0.15) is 11.1 Å². The van der Waals surface area contributed by atoms with E-state index in [0.717, 1.165) is 22.4 Å². The fraction of sp³-hybridized carbons (Fsp3) is 0.269. The molecule has 0 unspecified atom stereocenters. The molecule has 164 valence electrons. The summed E-state index contributed by atoms with van der Waals surface area (Å²) >= 11 is 1.32. The highest BCUT2D eigenvalue weighted by molar-refractivity contribution is 8.00. The minimum Gasteiger partial charge on any atom is -0.378 e. The van der Waals surface area contributed by atoms with Crippen LogP contribution in [0, 0.1) is 11.3 Å². The number of aromatic nitrogens is 1. The third-order valence-electron chi connectivity index (χ3n) is 5.07. The zero-order chi connectivity index (χ0) is 22.8. The Labute approximate surface area is 194 Å². The van der Waals surface area contributed by atoms with Gasteiger partial charge >= 0.3 is 0 Å². The van der Waals surface area contributed by atoms with E-state index in [-0.39, 0.29) is 11.7 Å². The van der Waals surface area contributed by atoms with Crippen LogP contribution < -0.4 is 0 Å². The van der Waals surface area contributed by atoms with Crippen LogP contribution in [0.5, 0.6) is 0 Å². The molecule has 1 saturated heterocycles. The third kappa shape index (κ3) is 5.97. The van der Waals surface area contributed by atoms with Gasteiger partial charge in [-0.05, 0) is 25.5 Å². The minimum absolute atomic E-state index is 0.0369. The van der Waals surface area contributed by atoms with Gasteiger partial charge < -0.3 is 9.64 Å². The van der Waals surface area contributed by atoms with Crippen LogP contribution in [0.25, 0.3) is 16.8 Å². The topological polar surface area (TPSA) is 66.2 Å². The van der Waals surface area contributed by atoms with Gasteiger partial charge in [-0.25, -0.2) is 4.98 Å². The molecular formula is C26H27N3O2S. The number of carbonyl (C=O) groups is 1. The lowest BCUT2D eigenvalue weighted by Gasteiger charge is -2.26. The van der Waals surface area contributed by atoms with Crippen molar-refractivity contribution in [3.05, 3.63) is 77.9 Å². The first kappa shape index (κ1) is 23.5. The van der Waals surface area contributed by atoms with E-state index in [2.05, 4.69) is 6.07 Å². The molecule has 0 radical (unpaired) electrons. The molecule has 0 N–H and O–H groups in total. The number of allylic oxidation sites excluding steroid dienone is 6. The van der Waals surface area contributed by atoms with E-state index >= 15 is 0 Å². The molecule has 2 heterocycles. The highest BCUT2D eigenvalue weighted by atomic mass is 32.2. The van der Waals surface area contributed by atoms with Gasteiger partial charge in [0.2, 0.25) is 5.91 Å². The Morgan fingerprint density at radius 2 is 1.97 bits per heavy atom. The Kier molecular flexibility index (Phi) is 8.85. The maximum atomic E-state index is 12.7. The fourth-order valence-corrected chi connectivity index (χ4v) is 4.27. The lowest BCUT2D eigenvalue weighted by atomic mass is 9.98. The molecule has 2 aromatic rings. The summed E-state index contributed by atoms with van der Waals surface area (Å²) in [5.41, 5.74) is 3.97. The van der Waals surface area contributed by atoms with Gasteiger partial charge in [-0.3, -0.25) is 4.79 Å². The van der Waals surface area contributed by atoms with Crippen LogP contribution in [0.3, 0.4) is 0 Å². The first-order valence-electron chi connectivity index (χ1n) is 10.6. The summed E-state index contributed by atoms with van der Waals surface area (Å²) in [5, 5.41) is 10.6. The van der Waals surface area contributed by atoms with Crippen molar-refractivity contribution in [3.63, 3.8) is 0 Å². The second-order valence-electron chi connectivity index (χ2n) is 7.12. The normalized spacial score (nSPS) is 14.8. The molecule has 0 aliphatic carbocycles. The average Bonchev–Trinajstić information content (AvgIpc) is 2.85. The van der Waals surface area contributed by atoms with Crippen LogP contribution in [0.15, 0.2) is 71.8 Å². The van der Waals surface area contributed by atoms with Crippen LogP contribution >= 0.6 is 11.8 Å². The number of nitrogens with zero attached hydrogens (tertiary/aromatic N) is 3. The summed E-state index contributed by atoms with van der Waals surface area (Å²) in [7, 11) is 0. The van der Waals surface area contributed by atoms with E-state index in [1.165, 1.54) is 11.8 Å². The van der Waals surface area contributed by atoms with E-state index in [9.17, 15) is 10.1 Å². The Morgan fingerprint density at radius 1 is 1.22 bits per heavy atom. The average molecular weight is 446 g/mol. The van der Waals surface area contributed by atoms with Crippen molar-refractivity contribution in [2.24, 2.45) is 0 Å². The van der Waals surface area contributed by atoms with Crippen molar-refractivity contribution in [3.8, 4) is 17.3 Å². The van der Waals surface area contributed by atoms with E-state index in [0.29, 0.717) is 36.9 Å². The van der Waals surface area contributed by atoms with Gasteiger partial charge in [-0.1, -0.05) is 72.5 Å². The SMILES string of the molecule is C\C=C/C=C\C(=C/C)c1cc(-c2ccccc2)nc(SCC(=O)N2CCOCC2)c1C#N. The molecule has 1 aliphatic heterocycles. The standard InChI is InChI=1S/C26H27N3O2S/c1-3-5-7-10-20(4-2)22-17-24(21-11-8-6-9-12-21)28-26(23(22)18-27)32-19-25(30)29-13-15-31-16-14-29/h3-12,17H,13-16,19H2,1-2H3/b5-3-,10-7-,20-4+. The lowest BCUT2D eigenvalue weighted by molar-refractivity contribution is -0.132. The van der Waals surface area contributed by atoms with Gasteiger partial charge in [0.25, 0.3) is 0 Å². The predicted molar refractivity (Wildman–Crippen MR) is 130 cm³/mol. The number of carbonyl (C=O) groups excluding carboxylic acids is 1. The number of hydrogen-bond acceptors (Lipinski definition) is 5. The Morgan fingerprint density at radius 3 is 2.62 bits per heavy atom. The van der Waals surface area contributed by atoms with Crippen molar-refractivity contribution >= 4 is 23.2 Å². The molecule has 32 heavy (non-hydrogen) atoms. The highest BCUT2D eigenvalue weighted by Gasteiger charge is 2.20. The van der Waals surface area contributed by atoms with Crippen molar-refractivity contribution < 1.29 is 9.53 Å². The molecule has 1 amide bonds. The second-order valence-corrected chi connectivity index (χ2v) is 8.09. The van der Waals surface area contributed by atoms with Crippen molar-refractivity contribution in [2.45, 2.75) is 18.9 Å². The zero-order valence-corrected chi connectivity index (χ0v) is 19.3. The molecule has 6 heteroatoms. The van der Waals surface area contributed by atoms with Crippen molar-refractivity contribution in [1.82, 2.24) is 9.88 Å². The largest absolute Gasteiger partial charge is 0.378 e.